The Labute approximate surface area is 83.3 Å². The van der Waals surface area contributed by atoms with E-state index in [4.69, 9.17) is 0 Å². The van der Waals surface area contributed by atoms with E-state index in [9.17, 15) is 0 Å². The maximum atomic E-state index is 3.40. The van der Waals surface area contributed by atoms with Crippen molar-refractivity contribution in [2.45, 2.75) is 52.4 Å². The van der Waals surface area contributed by atoms with Gasteiger partial charge in [0.15, 0.2) is 0 Å². The molecule has 0 radical (unpaired) electrons. The van der Waals surface area contributed by atoms with E-state index >= 15 is 0 Å². The maximum absolute atomic E-state index is 3.40. The highest BCUT2D eigenvalue weighted by Crippen LogP contribution is 2.30. The molecule has 1 aliphatic rings. The first kappa shape index (κ1) is 11.0. The van der Waals surface area contributed by atoms with Gasteiger partial charge in [-0.25, -0.2) is 0 Å². The summed E-state index contributed by atoms with van der Waals surface area (Å²) in [7, 11) is 0. The van der Waals surface area contributed by atoms with Crippen LogP contribution in [0.15, 0.2) is 0 Å². The standard InChI is InChI=1S/C12H25N/c1-3-13-9-8-11(2)10-12-6-4-5-7-12/h11-13H,3-10H2,1-2H3. The predicted molar refractivity (Wildman–Crippen MR) is 58.9 cm³/mol. The van der Waals surface area contributed by atoms with Gasteiger partial charge in [0, 0.05) is 0 Å². The summed E-state index contributed by atoms with van der Waals surface area (Å²) in [5.74, 6) is 2.00. The monoisotopic (exact) mass is 183 g/mol. The van der Waals surface area contributed by atoms with Crippen molar-refractivity contribution in [3.63, 3.8) is 0 Å². The molecule has 1 rings (SSSR count). The topological polar surface area (TPSA) is 12.0 Å². The van der Waals surface area contributed by atoms with Gasteiger partial charge in [-0.05, 0) is 37.8 Å². The second-order valence-electron chi connectivity index (χ2n) is 4.63. The third-order valence-electron chi connectivity index (χ3n) is 3.27. The van der Waals surface area contributed by atoms with Crippen molar-refractivity contribution in [3.8, 4) is 0 Å². The molecule has 1 fully saturated rings. The van der Waals surface area contributed by atoms with Crippen LogP contribution in [0.2, 0.25) is 0 Å². The van der Waals surface area contributed by atoms with Crippen LogP contribution in [0.5, 0.6) is 0 Å². The van der Waals surface area contributed by atoms with Crippen LogP contribution in [0.25, 0.3) is 0 Å². The highest BCUT2D eigenvalue weighted by Gasteiger charge is 2.17. The van der Waals surface area contributed by atoms with Crippen molar-refractivity contribution in [3.05, 3.63) is 0 Å². The van der Waals surface area contributed by atoms with Crippen molar-refractivity contribution in [2.24, 2.45) is 11.8 Å². The third kappa shape index (κ3) is 4.66. The van der Waals surface area contributed by atoms with E-state index in [1.54, 1.807) is 0 Å². The Kier molecular flexibility index (Phi) is 5.45. The van der Waals surface area contributed by atoms with Crippen molar-refractivity contribution >= 4 is 0 Å². The van der Waals surface area contributed by atoms with Gasteiger partial charge in [-0.2, -0.15) is 0 Å². The minimum Gasteiger partial charge on any atom is -0.317 e. The average molecular weight is 183 g/mol. The molecule has 0 amide bonds. The summed E-state index contributed by atoms with van der Waals surface area (Å²) < 4.78 is 0. The van der Waals surface area contributed by atoms with Crippen LogP contribution in [0.1, 0.15) is 52.4 Å². The fourth-order valence-electron chi connectivity index (χ4n) is 2.46. The van der Waals surface area contributed by atoms with Crippen molar-refractivity contribution in [2.75, 3.05) is 13.1 Å². The largest absolute Gasteiger partial charge is 0.317 e. The van der Waals surface area contributed by atoms with E-state index in [1.165, 1.54) is 45.1 Å². The second kappa shape index (κ2) is 6.42. The average Bonchev–Trinajstić information content (AvgIpc) is 2.57. The molecule has 1 N–H and O–H groups in total. The first-order valence-corrected chi connectivity index (χ1v) is 6.03. The normalized spacial score (nSPS) is 20.8. The highest BCUT2D eigenvalue weighted by atomic mass is 14.8. The third-order valence-corrected chi connectivity index (χ3v) is 3.27. The molecule has 0 saturated heterocycles. The minimum absolute atomic E-state index is 0.933. The molecule has 1 unspecified atom stereocenters. The van der Waals surface area contributed by atoms with E-state index < -0.39 is 0 Å². The molecule has 13 heavy (non-hydrogen) atoms. The Hall–Kier alpha value is -0.0400. The fraction of sp³-hybridized carbons (Fsp3) is 1.00. The van der Waals surface area contributed by atoms with E-state index in [1.807, 2.05) is 0 Å². The summed E-state index contributed by atoms with van der Waals surface area (Å²) in [5.41, 5.74) is 0. The zero-order valence-corrected chi connectivity index (χ0v) is 9.31. The fourth-order valence-corrected chi connectivity index (χ4v) is 2.46. The number of hydrogen-bond acceptors (Lipinski definition) is 1. The zero-order valence-electron chi connectivity index (χ0n) is 9.31. The number of rotatable bonds is 6. The molecule has 0 aromatic rings. The Morgan fingerprint density at radius 2 is 2.00 bits per heavy atom. The summed E-state index contributed by atoms with van der Waals surface area (Å²) in [6, 6.07) is 0. The molecule has 1 saturated carbocycles. The van der Waals surface area contributed by atoms with Crippen LogP contribution >= 0.6 is 0 Å². The first-order chi connectivity index (χ1) is 6.33. The van der Waals surface area contributed by atoms with Crippen LogP contribution in [0, 0.1) is 11.8 Å². The lowest BCUT2D eigenvalue weighted by Gasteiger charge is -2.15. The summed E-state index contributed by atoms with van der Waals surface area (Å²) in [6.45, 7) is 6.93. The molecule has 0 bridgehead atoms. The summed E-state index contributed by atoms with van der Waals surface area (Å²) >= 11 is 0. The molecule has 0 heterocycles. The van der Waals surface area contributed by atoms with Gasteiger partial charge in [-0.1, -0.05) is 39.5 Å². The summed E-state index contributed by atoms with van der Waals surface area (Å²) in [4.78, 5) is 0. The Balaban J connectivity index is 1.99. The lowest BCUT2D eigenvalue weighted by Crippen LogP contribution is -2.17. The van der Waals surface area contributed by atoms with Gasteiger partial charge in [0.05, 0.1) is 0 Å². The molecule has 1 heteroatoms. The Bertz CT molecular complexity index is 116. The maximum Gasteiger partial charge on any atom is -0.00465 e. The molecule has 78 valence electrons. The van der Waals surface area contributed by atoms with Gasteiger partial charge in [0.1, 0.15) is 0 Å². The summed E-state index contributed by atoms with van der Waals surface area (Å²) in [5, 5.41) is 3.40. The van der Waals surface area contributed by atoms with Gasteiger partial charge in [-0.15, -0.1) is 0 Å². The molecule has 1 nitrogen and oxygen atoms in total. The zero-order chi connectivity index (χ0) is 9.52. The number of hydrogen-bond donors (Lipinski definition) is 1. The predicted octanol–water partition coefficient (Wildman–Crippen LogP) is 3.20. The molecule has 1 atom stereocenters. The van der Waals surface area contributed by atoms with Gasteiger partial charge in [-0.3, -0.25) is 0 Å². The first-order valence-electron chi connectivity index (χ1n) is 6.03. The van der Waals surface area contributed by atoms with Crippen LogP contribution in [0.4, 0.5) is 0 Å². The molecule has 0 aromatic heterocycles. The molecular formula is C12H25N. The lowest BCUT2D eigenvalue weighted by atomic mass is 9.92. The molecule has 0 aliphatic heterocycles. The van der Waals surface area contributed by atoms with Crippen LogP contribution < -0.4 is 5.32 Å². The van der Waals surface area contributed by atoms with Crippen molar-refractivity contribution in [1.82, 2.24) is 5.32 Å². The van der Waals surface area contributed by atoms with Crippen LogP contribution in [-0.4, -0.2) is 13.1 Å². The van der Waals surface area contributed by atoms with E-state index in [0.717, 1.165) is 18.4 Å². The highest BCUT2D eigenvalue weighted by molar-refractivity contribution is 4.70. The van der Waals surface area contributed by atoms with Crippen molar-refractivity contribution in [1.29, 1.82) is 0 Å². The number of nitrogens with one attached hydrogen (secondary N) is 1. The summed E-state index contributed by atoms with van der Waals surface area (Å²) in [6.07, 6.45) is 8.84. The quantitative estimate of drug-likeness (QED) is 0.624. The van der Waals surface area contributed by atoms with Gasteiger partial charge in [0.25, 0.3) is 0 Å². The second-order valence-corrected chi connectivity index (χ2v) is 4.63. The smallest absolute Gasteiger partial charge is 0.00465 e. The lowest BCUT2D eigenvalue weighted by molar-refractivity contribution is 0.375. The van der Waals surface area contributed by atoms with Crippen molar-refractivity contribution < 1.29 is 0 Å². The van der Waals surface area contributed by atoms with Gasteiger partial charge in [0.2, 0.25) is 0 Å². The molecule has 0 spiro atoms. The molecule has 1 aliphatic carbocycles. The minimum atomic E-state index is 0.933. The SMILES string of the molecule is CCNCCC(C)CC1CCCC1. The molecule has 0 aromatic carbocycles. The van der Waals surface area contributed by atoms with E-state index in [2.05, 4.69) is 19.2 Å². The Morgan fingerprint density at radius 1 is 1.31 bits per heavy atom. The van der Waals surface area contributed by atoms with E-state index in [0.29, 0.717) is 0 Å². The van der Waals surface area contributed by atoms with Gasteiger partial charge < -0.3 is 5.32 Å². The van der Waals surface area contributed by atoms with Gasteiger partial charge >= 0.3 is 0 Å². The van der Waals surface area contributed by atoms with E-state index in [-0.39, 0.29) is 0 Å². The van der Waals surface area contributed by atoms with Crippen LogP contribution in [-0.2, 0) is 0 Å². The van der Waals surface area contributed by atoms with Crippen LogP contribution in [0.3, 0.4) is 0 Å². The molecular weight excluding hydrogens is 158 g/mol. The Morgan fingerprint density at radius 3 is 2.62 bits per heavy atom.